The number of nitrogens with zero attached hydrogens (tertiary/aromatic N) is 3. The van der Waals surface area contributed by atoms with E-state index in [0.29, 0.717) is 0 Å². The van der Waals surface area contributed by atoms with Crippen LogP contribution in [0.2, 0.25) is 0 Å². The van der Waals surface area contributed by atoms with E-state index in [1.165, 1.54) is 33.8 Å². The summed E-state index contributed by atoms with van der Waals surface area (Å²) in [6.07, 6.45) is 0. The van der Waals surface area contributed by atoms with Crippen molar-refractivity contribution in [1.29, 1.82) is 0 Å². The van der Waals surface area contributed by atoms with Crippen molar-refractivity contribution < 1.29 is 0 Å². The van der Waals surface area contributed by atoms with Gasteiger partial charge in [0.2, 0.25) is 0 Å². The minimum Gasteiger partial charge on any atom is -0.336 e. The first-order chi connectivity index (χ1) is 13.1. The van der Waals surface area contributed by atoms with Gasteiger partial charge in [-0.3, -0.25) is 0 Å². The molecule has 0 atom stereocenters. The molecule has 0 radical (unpaired) electrons. The molecule has 0 aromatic heterocycles. The predicted molar refractivity (Wildman–Crippen MR) is 116 cm³/mol. The maximum atomic E-state index is 2.45. The van der Waals surface area contributed by atoms with E-state index in [1.807, 2.05) is 0 Å². The van der Waals surface area contributed by atoms with Gasteiger partial charge in [-0.2, -0.15) is 0 Å². The Morgan fingerprint density at radius 3 is 1.04 bits per heavy atom. The lowest BCUT2D eigenvalue weighted by Gasteiger charge is -2.45. The molecule has 0 saturated carbocycles. The topological polar surface area (TPSA) is 9.72 Å². The Morgan fingerprint density at radius 2 is 0.778 bits per heavy atom. The van der Waals surface area contributed by atoms with Crippen molar-refractivity contribution in [3.05, 3.63) is 89.5 Å². The van der Waals surface area contributed by atoms with Gasteiger partial charge in [0.25, 0.3) is 0 Å². The van der Waals surface area contributed by atoms with Gasteiger partial charge >= 0.3 is 0 Å². The van der Waals surface area contributed by atoms with E-state index in [1.54, 1.807) is 0 Å². The fourth-order valence-corrected chi connectivity index (χ4v) is 3.72. The molecular formula is C24H27N3. The molecular weight excluding hydrogens is 330 g/mol. The summed E-state index contributed by atoms with van der Waals surface area (Å²) in [6, 6.07) is 26.4. The smallest absolute Gasteiger partial charge is 0.0937 e. The second kappa shape index (κ2) is 7.36. The third-order valence-corrected chi connectivity index (χ3v) is 5.12. The molecule has 3 aromatic carbocycles. The molecule has 0 amide bonds. The Labute approximate surface area is 162 Å². The van der Waals surface area contributed by atoms with Crippen molar-refractivity contribution in [3.8, 4) is 0 Å². The van der Waals surface area contributed by atoms with Crippen LogP contribution in [0.5, 0.6) is 0 Å². The van der Waals surface area contributed by atoms with Crippen LogP contribution in [-0.4, -0.2) is 20.0 Å². The summed E-state index contributed by atoms with van der Waals surface area (Å²) >= 11 is 0. The van der Waals surface area contributed by atoms with Gasteiger partial charge in [0, 0.05) is 17.1 Å². The molecule has 1 aliphatic rings. The third kappa shape index (κ3) is 3.92. The van der Waals surface area contributed by atoms with E-state index in [2.05, 4.69) is 108 Å². The lowest BCUT2D eigenvalue weighted by molar-refractivity contribution is 0.610. The van der Waals surface area contributed by atoms with E-state index in [9.17, 15) is 0 Å². The van der Waals surface area contributed by atoms with E-state index < -0.39 is 0 Å². The fourth-order valence-electron chi connectivity index (χ4n) is 3.72. The summed E-state index contributed by atoms with van der Waals surface area (Å²) < 4.78 is 0. The lowest BCUT2D eigenvalue weighted by atomic mass is 10.2. The van der Waals surface area contributed by atoms with Crippen LogP contribution in [-0.2, 0) is 0 Å². The van der Waals surface area contributed by atoms with Crippen LogP contribution in [0, 0.1) is 20.8 Å². The van der Waals surface area contributed by atoms with Gasteiger partial charge in [0.1, 0.15) is 0 Å². The molecule has 3 aromatic rings. The Kier molecular flexibility index (Phi) is 4.76. The van der Waals surface area contributed by atoms with E-state index in [4.69, 9.17) is 0 Å². The van der Waals surface area contributed by atoms with Gasteiger partial charge in [0.15, 0.2) is 0 Å². The third-order valence-electron chi connectivity index (χ3n) is 5.12. The van der Waals surface area contributed by atoms with Gasteiger partial charge in [-0.1, -0.05) is 36.4 Å². The highest BCUT2D eigenvalue weighted by Crippen LogP contribution is 2.27. The van der Waals surface area contributed by atoms with Crippen molar-refractivity contribution >= 4 is 17.1 Å². The van der Waals surface area contributed by atoms with Gasteiger partial charge in [0.05, 0.1) is 20.0 Å². The molecule has 1 saturated heterocycles. The molecule has 1 heterocycles. The Morgan fingerprint density at radius 1 is 0.481 bits per heavy atom. The van der Waals surface area contributed by atoms with Gasteiger partial charge in [-0.05, 0) is 73.9 Å². The number of aryl methyl sites for hydroxylation is 3. The number of rotatable bonds is 3. The second-order valence-corrected chi connectivity index (χ2v) is 7.56. The van der Waals surface area contributed by atoms with E-state index in [-0.39, 0.29) is 0 Å². The largest absolute Gasteiger partial charge is 0.336 e. The summed E-state index contributed by atoms with van der Waals surface area (Å²) in [7, 11) is 0. The van der Waals surface area contributed by atoms with Gasteiger partial charge in [-0.25, -0.2) is 0 Å². The summed E-state index contributed by atoms with van der Waals surface area (Å²) in [5.74, 6) is 0. The monoisotopic (exact) mass is 357 g/mol. The lowest BCUT2D eigenvalue weighted by Crippen LogP contribution is -2.55. The van der Waals surface area contributed by atoms with Gasteiger partial charge in [-0.15, -0.1) is 0 Å². The van der Waals surface area contributed by atoms with E-state index >= 15 is 0 Å². The number of hydrogen-bond donors (Lipinski definition) is 0. The second-order valence-electron chi connectivity index (χ2n) is 7.56. The molecule has 1 fully saturated rings. The molecule has 1 aliphatic heterocycles. The molecule has 27 heavy (non-hydrogen) atoms. The summed E-state index contributed by atoms with van der Waals surface area (Å²) in [4.78, 5) is 7.34. The van der Waals surface area contributed by atoms with Crippen molar-refractivity contribution in [2.24, 2.45) is 0 Å². The highest BCUT2D eigenvalue weighted by Gasteiger charge is 2.24. The van der Waals surface area contributed by atoms with Crippen LogP contribution in [0.1, 0.15) is 16.7 Å². The van der Waals surface area contributed by atoms with Crippen molar-refractivity contribution in [1.82, 2.24) is 0 Å². The molecule has 0 N–H and O–H groups in total. The number of anilines is 3. The van der Waals surface area contributed by atoms with Crippen LogP contribution < -0.4 is 14.7 Å². The zero-order valence-electron chi connectivity index (χ0n) is 16.4. The molecule has 0 bridgehead atoms. The molecule has 138 valence electrons. The highest BCUT2D eigenvalue weighted by atomic mass is 15.5. The Bertz CT molecular complexity index is 806. The molecule has 4 rings (SSSR count). The average molecular weight is 358 g/mol. The average Bonchev–Trinajstić information content (AvgIpc) is 2.68. The quantitative estimate of drug-likeness (QED) is 0.628. The van der Waals surface area contributed by atoms with Crippen LogP contribution in [0.3, 0.4) is 0 Å². The van der Waals surface area contributed by atoms with E-state index in [0.717, 1.165) is 20.0 Å². The van der Waals surface area contributed by atoms with Crippen molar-refractivity contribution in [2.75, 3.05) is 34.7 Å². The first-order valence-corrected chi connectivity index (χ1v) is 9.53. The zero-order chi connectivity index (χ0) is 18.8. The predicted octanol–water partition coefficient (Wildman–Crippen LogP) is 5.32. The number of benzene rings is 3. The van der Waals surface area contributed by atoms with Crippen LogP contribution in [0.25, 0.3) is 0 Å². The summed E-state index contributed by atoms with van der Waals surface area (Å²) in [5, 5.41) is 0. The minimum atomic E-state index is 0.884. The summed E-state index contributed by atoms with van der Waals surface area (Å²) in [5.41, 5.74) is 7.69. The first-order valence-electron chi connectivity index (χ1n) is 9.53. The Hall–Kier alpha value is -2.94. The molecule has 0 aliphatic carbocycles. The zero-order valence-corrected chi connectivity index (χ0v) is 16.4. The standard InChI is InChI=1S/C24H27N3/c1-19-7-4-10-22(13-19)25-16-26(23-11-5-8-20(2)14-23)18-27(17-25)24-12-6-9-21(3)15-24/h4-15H,16-18H2,1-3H3. The SMILES string of the molecule is Cc1cccc(N2CN(c3cccc(C)c3)CN(c3cccc(C)c3)C2)c1. The maximum absolute atomic E-state index is 2.45. The normalized spacial score (nSPS) is 14.6. The van der Waals surface area contributed by atoms with Gasteiger partial charge < -0.3 is 14.7 Å². The van der Waals surface area contributed by atoms with Crippen LogP contribution in [0.15, 0.2) is 72.8 Å². The Balaban J connectivity index is 1.70. The maximum Gasteiger partial charge on any atom is 0.0937 e. The van der Waals surface area contributed by atoms with Crippen LogP contribution in [0.4, 0.5) is 17.1 Å². The molecule has 3 heteroatoms. The van der Waals surface area contributed by atoms with Crippen molar-refractivity contribution in [3.63, 3.8) is 0 Å². The summed E-state index contributed by atoms with van der Waals surface area (Å²) in [6.45, 7) is 9.12. The number of hydrogen-bond acceptors (Lipinski definition) is 3. The fraction of sp³-hybridized carbons (Fsp3) is 0.250. The van der Waals surface area contributed by atoms with Crippen LogP contribution >= 0.6 is 0 Å². The van der Waals surface area contributed by atoms with Crippen molar-refractivity contribution in [2.45, 2.75) is 20.8 Å². The minimum absolute atomic E-state index is 0.884. The molecule has 0 spiro atoms. The molecule has 0 unspecified atom stereocenters. The first kappa shape index (κ1) is 17.5. The molecule has 3 nitrogen and oxygen atoms in total. The highest BCUT2D eigenvalue weighted by molar-refractivity contribution is 5.60.